The summed E-state index contributed by atoms with van der Waals surface area (Å²) in [6.07, 6.45) is 1.60. The number of likely N-dealkylation sites (tertiary alicyclic amines) is 1. The van der Waals surface area contributed by atoms with Gasteiger partial charge in [0.05, 0.1) is 6.10 Å². The van der Waals surface area contributed by atoms with E-state index in [9.17, 15) is 9.59 Å². The second-order valence-corrected chi connectivity index (χ2v) is 6.03. The molecule has 0 aliphatic carbocycles. The lowest BCUT2D eigenvalue weighted by molar-refractivity contribution is -0.127. The van der Waals surface area contributed by atoms with Crippen LogP contribution in [0, 0.1) is 0 Å². The van der Waals surface area contributed by atoms with Crippen molar-refractivity contribution in [3.05, 3.63) is 0 Å². The van der Waals surface area contributed by atoms with Crippen LogP contribution in [-0.2, 0) is 14.3 Å². The molecule has 0 N–H and O–H groups in total. The Morgan fingerprint density at radius 3 is 2.88 bits per heavy atom. The minimum atomic E-state index is 0.0905. The molecule has 98 valence electrons. The first-order chi connectivity index (χ1) is 7.99. The van der Waals surface area contributed by atoms with E-state index in [0.29, 0.717) is 19.6 Å². The zero-order valence-electron chi connectivity index (χ0n) is 10.8. The van der Waals surface area contributed by atoms with Crippen LogP contribution in [0.15, 0.2) is 0 Å². The molecule has 1 amide bonds. The molecule has 0 saturated carbocycles. The molecule has 0 spiro atoms. The van der Waals surface area contributed by atoms with Crippen molar-refractivity contribution in [3.8, 4) is 0 Å². The van der Waals surface area contributed by atoms with Gasteiger partial charge in [0.2, 0.25) is 5.91 Å². The maximum absolute atomic E-state index is 11.7. The van der Waals surface area contributed by atoms with Crippen LogP contribution in [0.2, 0.25) is 0 Å². The van der Waals surface area contributed by atoms with Crippen LogP contribution in [0.5, 0.6) is 0 Å². The van der Waals surface area contributed by atoms with E-state index in [2.05, 4.69) is 0 Å². The third-order valence-corrected chi connectivity index (χ3v) is 3.52. The Morgan fingerprint density at radius 2 is 2.29 bits per heavy atom. The van der Waals surface area contributed by atoms with Gasteiger partial charge in [-0.25, -0.2) is 0 Å². The summed E-state index contributed by atoms with van der Waals surface area (Å²) in [6, 6.07) is 0. The van der Waals surface area contributed by atoms with Gasteiger partial charge in [-0.2, -0.15) is 0 Å². The normalized spacial score (nSPS) is 20.4. The molecule has 1 unspecified atom stereocenters. The van der Waals surface area contributed by atoms with Crippen LogP contribution in [0.3, 0.4) is 0 Å². The number of amides is 1. The average molecular weight is 259 g/mol. The number of hydrogen-bond donors (Lipinski definition) is 0. The van der Waals surface area contributed by atoms with Gasteiger partial charge < -0.3 is 9.64 Å². The fourth-order valence-electron chi connectivity index (χ4n) is 1.84. The van der Waals surface area contributed by atoms with Gasteiger partial charge in [0.15, 0.2) is 5.12 Å². The number of thioether (sulfide) groups is 1. The molecule has 1 rings (SSSR count). The summed E-state index contributed by atoms with van der Waals surface area (Å²) in [7, 11) is 0. The number of carbonyl (C=O) groups excluding carboxylic acids is 2. The molecule has 0 radical (unpaired) electrons. The van der Waals surface area contributed by atoms with Crippen molar-refractivity contribution < 1.29 is 14.3 Å². The van der Waals surface area contributed by atoms with Crippen LogP contribution in [0.1, 0.15) is 33.6 Å². The number of nitrogens with zero attached hydrogens (tertiary/aromatic N) is 1. The Labute approximate surface area is 107 Å². The second kappa shape index (κ2) is 7.01. The molecular weight excluding hydrogens is 238 g/mol. The maximum Gasteiger partial charge on any atom is 0.223 e. The van der Waals surface area contributed by atoms with Crippen molar-refractivity contribution in [1.29, 1.82) is 0 Å². The second-order valence-electron chi connectivity index (χ2n) is 4.55. The van der Waals surface area contributed by atoms with Crippen molar-refractivity contribution in [2.45, 2.75) is 45.0 Å². The Bertz CT molecular complexity index is 281. The molecule has 1 aliphatic rings. The van der Waals surface area contributed by atoms with E-state index in [1.54, 1.807) is 6.92 Å². The monoisotopic (exact) mass is 259 g/mol. The van der Waals surface area contributed by atoms with Crippen molar-refractivity contribution >= 4 is 22.8 Å². The van der Waals surface area contributed by atoms with E-state index in [1.165, 1.54) is 11.8 Å². The molecule has 4 nitrogen and oxygen atoms in total. The van der Waals surface area contributed by atoms with Gasteiger partial charge >= 0.3 is 0 Å². The third-order valence-electron chi connectivity index (χ3n) is 2.54. The lowest BCUT2D eigenvalue weighted by atomic mass is 10.4. The van der Waals surface area contributed by atoms with Gasteiger partial charge in [-0.15, -0.1) is 0 Å². The summed E-state index contributed by atoms with van der Waals surface area (Å²) in [5.41, 5.74) is 0. The van der Waals surface area contributed by atoms with E-state index >= 15 is 0 Å². The first kappa shape index (κ1) is 14.5. The molecule has 1 fully saturated rings. The summed E-state index contributed by atoms with van der Waals surface area (Å²) in [4.78, 5) is 24.5. The van der Waals surface area contributed by atoms with Gasteiger partial charge in [0.25, 0.3) is 0 Å². The molecule has 1 heterocycles. The van der Waals surface area contributed by atoms with Crippen LogP contribution in [0.25, 0.3) is 0 Å². The number of rotatable bonds is 6. The molecule has 17 heavy (non-hydrogen) atoms. The molecular formula is C12H21NO3S. The van der Waals surface area contributed by atoms with E-state index in [4.69, 9.17) is 4.74 Å². The molecule has 1 aliphatic heterocycles. The molecule has 5 heteroatoms. The van der Waals surface area contributed by atoms with Crippen molar-refractivity contribution in [2.75, 3.05) is 19.7 Å². The topological polar surface area (TPSA) is 46.6 Å². The summed E-state index contributed by atoms with van der Waals surface area (Å²) in [5.74, 6) is 0.160. The molecule has 1 saturated heterocycles. The van der Waals surface area contributed by atoms with Crippen LogP contribution < -0.4 is 0 Å². The minimum absolute atomic E-state index is 0.0905. The maximum atomic E-state index is 11.7. The van der Waals surface area contributed by atoms with Crippen molar-refractivity contribution in [3.63, 3.8) is 0 Å². The summed E-state index contributed by atoms with van der Waals surface area (Å²) in [6.45, 7) is 7.67. The van der Waals surface area contributed by atoms with Crippen LogP contribution >= 0.6 is 11.8 Å². The lowest BCUT2D eigenvalue weighted by Gasteiger charge is -2.16. The van der Waals surface area contributed by atoms with Crippen LogP contribution in [0.4, 0.5) is 0 Å². The number of ether oxygens (including phenoxy) is 1. The van der Waals surface area contributed by atoms with Gasteiger partial charge in [-0.3, -0.25) is 9.59 Å². The molecule has 0 aromatic carbocycles. The van der Waals surface area contributed by atoms with Gasteiger partial charge in [0, 0.05) is 38.3 Å². The molecule has 0 aromatic rings. The Hall–Kier alpha value is -0.550. The number of hydrogen-bond acceptors (Lipinski definition) is 4. The van der Waals surface area contributed by atoms with Crippen LogP contribution in [-0.4, -0.2) is 47.0 Å². The predicted octanol–water partition coefficient (Wildman–Crippen LogP) is 1.68. The first-order valence-corrected chi connectivity index (χ1v) is 6.93. The third kappa shape index (κ3) is 5.55. The van der Waals surface area contributed by atoms with Gasteiger partial charge in [0.1, 0.15) is 0 Å². The minimum Gasteiger partial charge on any atom is -0.379 e. The average Bonchev–Trinajstić information content (AvgIpc) is 2.52. The Balaban J connectivity index is 2.21. The van der Waals surface area contributed by atoms with Gasteiger partial charge in [-0.1, -0.05) is 11.8 Å². The summed E-state index contributed by atoms with van der Waals surface area (Å²) < 4.78 is 5.43. The molecule has 0 aromatic heterocycles. The Morgan fingerprint density at radius 1 is 1.59 bits per heavy atom. The van der Waals surface area contributed by atoms with E-state index < -0.39 is 0 Å². The molecule has 0 bridgehead atoms. The zero-order chi connectivity index (χ0) is 12.8. The highest BCUT2D eigenvalue weighted by Gasteiger charge is 2.30. The summed E-state index contributed by atoms with van der Waals surface area (Å²) in [5, 5.41) is 0.235. The van der Waals surface area contributed by atoms with Crippen molar-refractivity contribution in [1.82, 2.24) is 4.90 Å². The standard InChI is InChI=1S/C12H21NO3S/c1-9(2)16-6-4-5-13-8-11(7-12(13)15)17-10(3)14/h9,11H,4-8H2,1-3H3. The Kier molecular flexibility index (Phi) is 5.98. The first-order valence-electron chi connectivity index (χ1n) is 6.05. The number of carbonyl (C=O) groups is 2. The fraction of sp³-hybridized carbons (Fsp3) is 0.833. The van der Waals surface area contributed by atoms with Gasteiger partial charge in [-0.05, 0) is 20.3 Å². The predicted molar refractivity (Wildman–Crippen MR) is 69.0 cm³/mol. The summed E-state index contributed by atoms with van der Waals surface area (Å²) >= 11 is 1.28. The highest BCUT2D eigenvalue weighted by Crippen LogP contribution is 2.24. The largest absolute Gasteiger partial charge is 0.379 e. The van der Waals surface area contributed by atoms with Crippen molar-refractivity contribution in [2.24, 2.45) is 0 Å². The highest BCUT2D eigenvalue weighted by atomic mass is 32.2. The highest BCUT2D eigenvalue weighted by molar-refractivity contribution is 8.14. The molecule has 1 atom stereocenters. The smallest absolute Gasteiger partial charge is 0.223 e. The zero-order valence-corrected chi connectivity index (χ0v) is 11.6. The van der Waals surface area contributed by atoms with E-state index in [-0.39, 0.29) is 22.4 Å². The fourth-order valence-corrected chi connectivity index (χ4v) is 2.79. The van der Waals surface area contributed by atoms with E-state index in [0.717, 1.165) is 13.0 Å². The quantitative estimate of drug-likeness (QED) is 0.681. The SMILES string of the molecule is CC(=O)SC1CC(=O)N(CCCOC(C)C)C1. The lowest BCUT2D eigenvalue weighted by Crippen LogP contribution is -2.27. The van der Waals surface area contributed by atoms with E-state index in [1.807, 2.05) is 18.7 Å².